The first-order valence-electron chi connectivity index (χ1n) is 10.1. The average molecular weight is 436 g/mol. The van der Waals surface area contributed by atoms with Gasteiger partial charge in [0.05, 0.1) is 43.0 Å². The molecule has 0 radical (unpaired) electrons. The van der Waals surface area contributed by atoms with Crippen molar-refractivity contribution in [2.75, 3.05) is 25.2 Å². The molecule has 2 N–H and O–H groups in total. The molecule has 9 heteroatoms. The summed E-state index contributed by atoms with van der Waals surface area (Å²) < 4.78 is 30.9. The van der Waals surface area contributed by atoms with Crippen LogP contribution >= 0.6 is 0 Å². The van der Waals surface area contributed by atoms with Gasteiger partial charge in [-0.3, -0.25) is 9.48 Å². The van der Waals surface area contributed by atoms with Crippen LogP contribution in [0.3, 0.4) is 0 Å². The Morgan fingerprint density at radius 1 is 1.37 bits per heavy atom. The highest BCUT2D eigenvalue weighted by Gasteiger charge is 2.32. The molecule has 0 spiro atoms. The van der Waals surface area contributed by atoms with Crippen LogP contribution in [0.1, 0.15) is 43.2 Å². The van der Waals surface area contributed by atoms with Gasteiger partial charge in [-0.05, 0) is 42.7 Å². The number of methoxy groups -OCH3 is 1. The van der Waals surface area contributed by atoms with Gasteiger partial charge in [0.2, 0.25) is 0 Å². The van der Waals surface area contributed by atoms with E-state index in [4.69, 9.17) is 4.74 Å². The summed E-state index contributed by atoms with van der Waals surface area (Å²) in [6.45, 7) is 3.80. The van der Waals surface area contributed by atoms with Crippen molar-refractivity contribution in [3.8, 4) is 17.0 Å². The minimum absolute atomic E-state index is 0.00499. The number of rotatable bonds is 8. The van der Waals surface area contributed by atoms with Crippen LogP contribution in [0.25, 0.3) is 11.3 Å². The SMILES string of the molecule is CC[C@@H](C)[C@@H](CO)NC(=O)c1cc(-c2ccc(OC)cc2)n(C2CCS(=O)(=O)C2)n1. The van der Waals surface area contributed by atoms with Crippen molar-refractivity contribution in [2.45, 2.75) is 38.8 Å². The number of hydrogen-bond acceptors (Lipinski definition) is 6. The second-order valence-corrected chi connectivity index (χ2v) is 10.0. The van der Waals surface area contributed by atoms with Crippen LogP contribution in [0.4, 0.5) is 0 Å². The van der Waals surface area contributed by atoms with Gasteiger partial charge in [0.1, 0.15) is 5.75 Å². The van der Waals surface area contributed by atoms with Crippen molar-refractivity contribution in [3.05, 3.63) is 36.0 Å². The van der Waals surface area contributed by atoms with E-state index in [2.05, 4.69) is 10.4 Å². The number of aromatic nitrogens is 2. The van der Waals surface area contributed by atoms with Crippen LogP contribution in [0.2, 0.25) is 0 Å². The van der Waals surface area contributed by atoms with Gasteiger partial charge in [0, 0.05) is 5.56 Å². The van der Waals surface area contributed by atoms with Gasteiger partial charge in [-0.2, -0.15) is 5.10 Å². The fourth-order valence-corrected chi connectivity index (χ4v) is 5.32. The Labute approximate surface area is 177 Å². The van der Waals surface area contributed by atoms with E-state index < -0.39 is 9.84 Å². The highest BCUT2D eigenvalue weighted by Crippen LogP contribution is 2.31. The molecule has 1 saturated heterocycles. The molecule has 3 rings (SSSR count). The lowest BCUT2D eigenvalue weighted by atomic mass is 10.00. The molecule has 2 heterocycles. The second-order valence-electron chi connectivity index (χ2n) is 7.79. The number of nitrogens with one attached hydrogen (secondary N) is 1. The third kappa shape index (κ3) is 4.84. The summed E-state index contributed by atoms with van der Waals surface area (Å²) in [6.07, 6.45) is 1.28. The Morgan fingerprint density at radius 2 is 2.07 bits per heavy atom. The van der Waals surface area contributed by atoms with Crippen LogP contribution in [0, 0.1) is 5.92 Å². The van der Waals surface area contributed by atoms with Crippen molar-refractivity contribution in [3.63, 3.8) is 0 Å². The molecule has 1 unspecified atom stereocenters. The van der Waals surface area contributed by atoms with E-state index in [0.717, 1.165) is 12.0 Å². The highest BCUT2D eigenvalue weighted by atomic mass is 32.2. The zero-order chi connectivity index (χ0) is 21.9. The van der Waals surface area contributed by atoms with Crippen molar-refractivity contribution in [1.29, 1.82) is 0 Å². The second kappa shape index (κ2) is 9.18. The number of carbonyl (C=O) groups excluding carboxylic acids is 1. The number of benzene rings is 1. The lowest BCUT2D eigenvalue weighted by molar-refractivity contribution is 0.0885. The first-order chi connectivity index (χ1) is 14.3. The van der Waals surface area contributed by atoms with Crippen molar-refractivity contribution in [2.24, 2.45) is 5.92 Å². The maximum absolute atomic E-state index is 12.8. The Balaban J connectivity index is 1.96. The Bertz CT molecular complexity index is 985. The molecule has 1 amide bonds. The lowest BCUT2D eigenvalue weighted by Crippen LogP contribution is -2.42. The Morgan fingerprint density at radius 3 is 2.60 bits per heavy atom. The number of ether oxygens (including phenoxy) is 1. The van der Waals surface area contributed by atoms with Crippen LogP contribution in [-0.4, -0.2) is 60.5 Å². The minimum atomic E-state index is -3.12. The molecule has 1 fully saturated rings. The maximum atomic E-state index is 12.8. The standard InChI is InChI=1S/C21H29N3O5S/c1-4-14(2)19(12-25)22-21(26)18-11-20(15-5-7-17(29-3)8-6-15)24(23-18)16-9-10-30(27,28)13-16/h5-8,11,14,16,19,25H,4,9-10,12-13H2,1-3H3,(H,22,26)/t14-,16?,19-/m1/s1. The Kier molecular flexibility index (Phi) is 6.82. The largest absolute Gasteiger partial charge is 0.497 e. The van der Waals surface area contributed by atoms with E-state index in [9.17, 15) is 18.3 Å². The molecule has 164 valence electrons. The lowest BCUT2D eigenvalue weighted by Gasteiger charge is -2.21. The molecular weight excluding hydrogens is 406 g/mol. The van der Waals surface area contributed by atoms with E-state index >= 15 is 0 Å². The van der Waals surface area contributed by atoms with Crippen LogP contribution in [0.15, 0.2) is 30.3 Å². The van der Waals surface area contributed by atoms with Crippen molar-refractivity contribution >= 4 is 15.7 Å². The minimum Gasteiger partial charge on any atom is -0.497 e. The molecule has 1 aromatic carbocycles. The van der Waals surface area contributed by atoms with Gasteiger partial charge in [-0.1, -0.05) is 20.3 Å². The predicted molar refractivity (Wildman–Crippen MR) is 114 cm³/mol. The van der Waals surface area contributed by atoms with Crippen molar-refractivity contribution in [1.82, 2.24) is 15.1 Å². The van der Waals surface area contributed by atoms with Crippen LogP contribution in [-0.2, 0) is 9.84 Å². The molecule has 0 aliphatic carbocycles. The summed E-state index contributed by atoms with van der Waals surface area (Å²) in [5.41, 5.74) is 1.69. The molecule has 1 aliphatic rings. The monoisotopic (exact) mass is 435 g/mol. The van der Waals surface area contributed by atoms with Crippen molar-refractivity contribution < 1.29 is 23.1 Å². The average Bonchev–Trinajstić information content (AvgIpc) is 3.34. The van der Waals surface area contributed by atoms with Gasteiger partial charge in [-0.15, -0.1) is 0 Å². The Hall–Kier alpha value is -2.39. The van der Waals surface area contributed by atoms with Gasteiger partial charge < -0.3 is 15.2 Å². The smallest absolute Gasteiger partial charge is 0.272 e. The molecule has 8 nitrogen and oxygen atoms in total. The third-order valence-corrected chi connectivity index (χ3v) is 7.50. The number of carbonyl (C=O) groups is 1. The number of hydrogen-bond donors (Lipinski definition) is 2. The molecule has 0 bridgehead atoms. The summed E-state index contributed by atoms with van der Waals surface area (Å²) >= 11 is 0. The normalized spacial score (nSPS) is 19.9. The van der Waals surface area contributed by atoms with E-state index in [1.54, 1.807) is 17.9 Å². The quantitative estimate of drug-likeness (QED) is 0.657. The molecular formula is C21H29N3O5S. The first kappa shape index (κ1) is 22.3. The molecule has 3 atom stereocenters. The first-order valence-corrected chi connectivity index (χ1v) is 12.0. The zero-order valence-electron chi connectivity index (χ0n) is 17.5. The van der Waals surface area contributed by atoms with Gasteiger partial charge in [0.25, 0.3) is 5.91 Å². The fourth-order valence-electron chi connectivity index (χ4n) is 3.62. The number of aliphatic hydroxyl groups is 1. The van der Waals surface area contributed by atoms with E-state index in [-0.39, 0.29) is 47.7 Å². The molecule has 2 aromatic rings. The van der Waals surface area contributed by atoms with Crippen LogP contribution in [0.5, 0.6) is 5.75 Å². The highest BCUT2D eigenvalue weighted by molar-refractivity contribution is 7.91. The molecule has 30 heavy (non-hydrogen) atoms. The van der Waals surface area contributed by atoms with E-state index in [1.807, 2.05) is 38.1 Å². The topological polar surface area (TPSA) is 111 Å². The summed E-state index contributed by atoms with van der Waals surface area (Å²) in [7, 11) is -1.53. The summed E-state index contributed by atoms with van der Waals surface area (Å²) in [6, 6.07) is 8.30. The maximum Gasteiger partial charge on any atom is 0.272 e. The summed E-state index contributed by atoms with van der Waals surface area (Å²) in [4.78, 5) is 12.8. The summed E-state index contributed by atoms with van der Waals surface area (Å²) in [5, 5.41) is 16.9. The van der Waals surface area contributed by atoms with E-state index in [0.29, 0.717) is 17.9 Å². The predicted octanol–water partition coefficient (Wildman–Crippen LogP) is 2.06. The summed E-state index contributed by atoms with van der Waals surface area (Å²) in [5.74, 6) is 0.545. The third-order valence-electron chi connectivity index (χ3n) is 5.75. The van der Waals surface area contributed by atoms with Gasteiger partial charge in [-0.25, -0.2) is 8.42 Å². The van der Waals surface area contributed by atoms with Gasteiger partial charge in [0.15, 0.2) is 15.5 Å². The molecule has 1 aliphatic heterocycles. The number of sulfone groups is 1. The molecule has 1 aromatic heterocycles. The number of aliphatic hydroxyl groups excluding tert-OH is 1. The number of nitrogens with zero attached hydrogens (tertiary/aromatic N) is 2. The van der Waals surface area contributed by atoms with Gasteiger partial charge >= 0.3 is 0 Å². The number of amides is 1. The molecule has 0 saturated carbocycles. The zero-order valence-corrected chi connectivity index (χ0v) is 18.4. The van der Waals surface area contributed by atoms with Crippen LogP contribution < -0.4 is 10.1 Å². The van der Waals surface area contributed by atoms with E-state index in [1.165, 1.54) is 0 Å². The fraction of sp³-hybridized carbons (Fsp3) is 0.524.